The molecule has 7 heteroatoms. The van der Waals surface area contributed by atoms with Crippen LogP contribution < -0.4 is 10.9 Å². The number of carbonyl (C=O) groups excluding carboxylic acids is 1. The van der Waals surface area contributed by atoms with Crippen molar-refractivity contribution in [1.29, 1.82) is 0 Å². The summed E-state index contributed by atoms with van der Waals surface area (Å²) < 4.78 is 22.6. The Bertz CT molecular complexity index is 930. The van der Waals surface area contributed by atoms with E-state index in [1.807, 2.05) is 30.3 Å². The van der Waals surface area contributed by atoms with Crippen LogP contribution in [0, 0.1) is 0 Å². The Hall–Kier alpha value is -2.67. The molecule has 0 fully saturated rings. The van der Waals surface area contributed by atoms with Gasteiger partial charge in [-0.2, -0.15) is 0 Å². The van der Waals surface area contributed by atoms with Crippen molar-refractivity contribution in [3.8, 4) is 11.3 Å². The highest BCUT2D eigenvalue weighted by atomic mass is 32.2. The molecule has 1 atom stereocenters. The van der Waals surface area contributed by atoms with Crippen LogP contribution in [-0.4, -0.2) is 31.1 Å². The number of hydrogen-bond donors (Lipinski definition) is 2. The average Bonchev–Trinajstić information content (AvgIpc) is 2.86. The lowest BCUT2D eigenvalue weighted by molar-refractivity contribution is 0.0946. The number of benzene rings is 1. The van der Waals surface area contributed by atoms with Crippen molar-refractivity contribution in [2.75, 3.05) is 5.75 Å². The van der Waals surface area contributed by atoms with E-state index in [-0.39, 0.29) is 11.3 Å². The molecule has 23 heavy (non-hydrogen) atoms. The molecule has 0 saturated heterocycles. The van der Waals surface area contributed by atoms with Gasteiger partial charge in [-0.3, -0.25) is 9.59 Å². The highest BCUT2D eigenvalue weighted by Gasteiger charge is 2.24. The average molecular weight is 330 g/mol. The maximum Gasteiger partial charge on any atom is 0.261 e. The molecular formula is C16H14N2O4S. The van der Waals surface area contributed by atoms with Gasteiger partial charge in [-0.25, -0.2) is 8.42 Å². The minimum atomic E-state index is -3.26. The van der Waals surface area contributed by atoms with Crippen LogP contribution >= 0.6 is 0 Å². The highest BCUT2D eigenvalue weighted by molar-refractivity contribution is 7.94. The maximum absolute atomic E-state index is 12.1. The summed E-state index contributed by atoms with van der Waals surface area (Å²) in [5, 5.41) is 3.60. The second kappa shape index (κ2) is 5.85. The molecule has 0 unspecified atom stereocenters. The van der Waals surface area contributed by atoms with Gasteiger partial charge >= 0.3 is 0 Å². The van der Waals surface area contributed by atoms with Gasteiger partial charge < -0.3 is 10.3 Å². The van der Waals surface area contributed by atoms with E-state index in [1.54, 1.807) is 6.07 Å². The van der Waals surface area contributed by atoms with Gasteiger partial charge in [0.15, 0.2) is 9.84 Å². The third-order valence-corrected chi connectivity index (χ3v) is 4.88. The molecule has 1 aliphatic rings. The number of carbonyl (C=O) groups is 1. The van der Waals surface area contributed by atoms with Crippen LogP contribution in [0.5, 0.6) is 0 Å². The Morgan fingerprint density at radius 1 is 1.13 bits per heavy atom. The van der Waals surface area contributed by atoms with Gasteiger partial charge in [0.05, 0.1) is 11.8 Å². The molecule has 2 N–H and O–H groups in total. The summed E-state index contributed by atoms with van der Waals surface area (Å²) >= 11 is 0. The third kappa shape index (κ3) is 3.40. The zero-order chi connectivity index (χ0) is 16.4. The quantitative estimate of drug-likeness (QED) is 0.880. The fourth-order valence-electron chi connectivity index (χ4n) is 2.35. The lowest BCUT2D eigenvalue weighted by atomic mass is 10.1. The van der Waals surface area contributed by atoms with E-state index in [4.69, 9.17) is 0 Å². The first-order chi connectivity index (χ1) is 10.9. The SMILES string of the molecule is O=C(N[C@@H]1C=CS(=O)(=O)C1)c1ccc(-c2ccccc2)[nH]c1=O. The topological polar surface area (TPSA) is 96.1 Å². The lowest BCUT2D eigenvalue weighted by Crippen LogP contribution is -2.38. The Kier molecular flexibility index (Phi) is 3.87. The Morgan fingerprint density at radius 2 is 1.87 bits per heavy atom. The van der Waals surface area contributed by atoms with E-state index < -0.39 is 27.3 Å². The maximum atomic E-state index is 12.1. The molecule has 0 saturated carbocycles. The van der Waals surface area contributed by atoms with Crippen LogP contribution in [0.15, 0.2) is 58.7 Å². The molecule has 6 nitrogen and oxygen atoms in total. The molecule has 3 rings (SSSR count). The van der Waals surface area contributed by atoms with Gasteiger partial charge in [0.2, 0.25) is 0 Å². The van der Waals surface area contributed by atoms with E-state index >= 15 is 0 Å². The number of pyridine rings is 1. The van der Waals surface area contributed by atoms with Gasteiger partial charge in [0.1, 0.15) is 5.56 Å². The first-order valence-corrected chi connectivity index (χ1v) is 8.67. The van der Waals surface area contributed by atoms with Gasteiger partial charge in [-0.05, 0) is 23.8 Å². The lowest BCUT2D eigenvalue weighted by Gasteiger charge is -2.10. The first-order valence-electron chi connectivity index (χ1n) is 6.95. The number of H-pyrrole nitrogens is 1. The molecule has 1 amide bonds. The summed E-state index contributed by atoms with van der Waals surface area (Å²) in [7, 11) is -3.26. The molecule has 2 aromatic rings. The Balaban J connectivity index is 1.80. The second-order valence-electron chi connectivity index (χ2n) is 5.22. The van der Waals surface area contributed by atoms with E-state index in [9.17, 15) is 18.0 Å². The number of aromatic amines is 1. The molecule has 1 aromatic carbocycles. The summed E-state index contributed by atoms with van der Waals surface area (Å²) in [4.78, 5) is 26.9. The van der Waals surface area contributed by atoms with Crippen molar-refractivity contribution in [3.63, 3.8) is 0 Å². The Morgan fingerprint density at radius 3 is 2.48 bits per heavy atom. The monoisotopic (exact) mass is 330 g/mol. The first kappa shape index (κ1) is 15.2. The minimum Gasteiger partial charge on any atom is -0.345 e. The van der Waals surface area contributed by atoms with Gasteiger partial charge in [-0.1, -0.05) is 30.3 Å². The van der Waals surface area contributed by atoms with E-state index in [0.717, 1.165) is 11.0 Å². The number of amides is 1. The van der Waals surface area contributed by atoms with Crippen molar-refractivity contribution >= 4 is 15.7 Å². The Labute approximate surface area is 132 Å². The molecule has 1 aliphatic heterocycles. The fourth-order valence-corrected chi connectivity index (χ4v) is 3.59. The van der Waals surface area contributed by atoms with Gasteiger partial charge in [0, 0.05) is 11.1 Å². The van der Waals surface area contributed by atoms with Crippen LogP contribution in [0.1, 0.15) is 10.4 Å². The zero-order valence-corrected chi connectivity index (χ0v) is 12.8. The highest BCUT2D eigenvalue weighted by Crippen LogP contribution is 2.15. The number of rotatable bonds is 3. The van der Waals surface area contributed by atoms with Crippen molar-refractivity contribution in [1.82, 2.24) is 10.3 Å². The standard InChI is InChI=1S/C16H14N2O4S/c19-15(17-12-8-9-23(21,22)10-12)13-6-7-14(18-16(13)20)11-4-2-1-3-5-11/h1-9,12H,10H2,(H,17,19)(H,18,20)/t12-/m1/s1. The number of nitrogens with one attached hydrogen (secondary N) is 2. The van der Waals surface area contributed by atoms with Crippen molar-refractivity contribution in [2.24, 2.45) is 0 Å². The molecule has 2 heterocycles. The summed E-state index contributed by atoms with van der Waals surface area (Å²) in [6, 6.07) is 11.7. The van der Waals surface area contributed by atoms with Gasteiger partial charge in [0.25, 0.3) is 11.5 Å². The third-order valence-electron chi connectivity index (χ3n) is 3.49. The van der Waals surface area contributed by atoms with Crippen molar-refractivity contribution in [3.05, 3.63) is 69.9 Å². The summed E-state index contributed by atoms with van der Waals surface area (Å²) in [6.07, 6.45) is 1.40. The molecule has 118 valence electrons. The molecule has 0 spiro atoms. The van der Waals surface area contributed by atoms with Crippen molar-refractivity contribution in [2.45, 2.75) is 6.04 Å². The molecular weight excluding hydrogens is 316 g/mol. The number of sulfone groups is 1. The van der Waals surface area contributed by atoms with E-state index in [2.05, 4.69) is 10.3 Å². The van der Waals surface area contributed by atoms with E-state index in [0.29, 0.717) is 5.69 Å². The minimum absolute atomic E-state index is 0.0534. The molecule has 0 bridgehead atoms. The molecule has 0 aliphatic carbocycles. The largest absolute Gasteiger partial charge is 0.345 e. The normalized spacial score (nSPS) is 18.7. The fraction of sp³-hybridized carbons (Fsp3) is 0.125. The number of aromatic nitrogens is 1. The zero-order valence-electron chi connectivity index (χ0n) is 12.0. The predicted molar refractivity (Wildman–Crippen MR) is 86.7 cm³/mol. The smallest absolute Gasteiger partial charge is 0.261 e. The summed E-state index contributed by atoms with van der Waals surface area (Å²) in [6.45, 7) is 0. The van der Waals surface area contributed by atoms with Crippen LogP contribution in [0.2, 0.25) is 0 Å². The summed E-state index contributed by atoms with van der Waals surface area (Å²) in [5.41, 5.74) is 0.868. The van der Waals surface area contributed by atoms with Gasteiger partial charge in [-0.15, -0.1) is 0 Å². The van der Waals surface area contributed by atoms with E-state index in [1.165, 1.54) is 12.1 Å². The predicted octanol–water partition coefficient (Wildman–Crippen LogP) is 1.08. The van der Waals surface area contributed by atoms with Crippen LogP contribution in [-0.2, 0) is 9.84 Å². The van der Waals surface area contributed by atoms with Crippen LogP contribution in [0.3, 0.4) is 0 Å². The number of hydrogen-bond acceptors (Lipinski definition) is 4. The van der Waals surface area contributed by atoms with Crippen LogP contribution in [0.4, 0.5) is 0 Å². The second-order valence-corrected chi connectivity index (χ2v) is 7.15. The molecule has 1 aromatic heterocycles. The molecule has 0 radical (unpaired) electrons. The summed E-state index contributed by atoms with van der Waals surface area (Å²) in [5.74, 6) is -0.781. The van der Waals surface area contributed by atoms with Crippen molar-refractivity contribution < 1.29 is 13.2 Å². The van der Waals surface area contributed by atoms with Crippen LogP contribution in [0.25, 0.3) is 11.3 Å².